The van der Waals surface area contributed by atoms with Gasteiger partial charge in [-0.05, 0) is 53.7 Å². The van der Waals surface area contributed by atoms with E-state index in [2.05, 4.69) is 25.5 Å². The quantitative estimate of drug-likeness (QED) is 0.693. The summed E-state index contributed by atoms with van der Waals surface area (Å²) in [6.07, 6.45) is -4.77. The van der Waals surface area contributed by atoms with Crippen molar-refractivity contribution in [1.82, 2.24) is 20.2 Å². The fourth-order valence-electron chi connectivity index (χ4n) is 2.23. The highest BCUT2D eigenvalue weighted by molar-refractivity contribution is 5.90. The number of hydrogen-bond donors (Lipinski definition) is 1. The lowest BCUT2D eigenvalue weighted by atomic mass is 10.2. The number of hydrogen-bond acceptors (Lipinski definition) is 6. The summed E-state index contributed by atoms with van der Waals surface area (Å²) >= 11 is 0. The zero-order valence-corrected chi connectivity index (χ0v) is 14.5. The summed E-state index contributed by atoms with van der Waals surface area (Å²) in [6, 6.07) is 11.8. The predicted molar refractivity (Wildman–Crippen MR) is 91.6 cm³/mol. The fourth-order valence-corrected chi connectivity index (χ4v) is 2.23. The van der Waals surface area contributed by atoms with Crippen molar-refractivity contribution in [1.29, 1.82) is 0 Å². The van der Waals surface area contributed by atoms with Crippen LogP contribution in [-0.2, 0) is 11.3 Å². The molecular weight excluding hydrogens is 379 g/mol. The molecule has 0 aliphatic carbocycles. The summed E-state index contributed by atoms with van der Waals surface area (Å²) in [6.45, 7) is -0.218. The molecule has 11 heteroatoms. The predicted octanol–water partition coefficient (Wildman–Crippen LogP) is 2.89. The van der Waals surface area contributed by atoms with E-state index >= 15 is 0 Å². The maximum absolute atomic E-state index is 12.1. The second kappa shape index (κ2) is 7.94. The van der Waals surface area contributed by atoms with Gasteiger partial charge in [0, 0.05) is 11.3 Å². The topological polar surface area (TPSA) is 91.2 Å². The molecule has 1 amide bonds. The van der Waals surface area contributed by atoms with Crippen LogP contribution in [0.1, 0.15) is 0 Å². The third kappa shape index (κ3) is 5.19. The number of alkyl halides is 3. The van der Waals surface area contributed by atoms with Gasteiger partial charge in [-0.15, -0.1) is 23.4 Å². The molecule has 1 aromatic heterocycles. The maximum atomic E-state index is 12.1. The van der Waals surface area contributed by atoms with Gasteiger partial charge >= 0.3 is 6.36 Å². The van der Waals surface area contributed by atoms with Crippen LogP contribution in [0.5, 0.6) is 11.5 Å². The number of amides is 1. The molecular formula is C17H14F3N5O3. The Balaban J connectivity index is 1.58. The number of aromatic nitrogens is 4. The third-order valence-electron chi connectivity index (χ3n) is 3.46. The highest BCUT2D eigenvalue weighted by atomic mass is 19.4. The molecule has 146 valence electrons. The van der Waals surface area contributed by atoms with Gasteiger partial charge in [0.25, 0.3) is 0 Å². The first-order chi connectivity index (χ1) is 13.3. The second-order valence-corrected chi connectivity index (χ2v) is 5.49. The number of anilines is 1. The summed E-state index contributed by atoms with van der Waals surface area (Å²) < 4.78 is 45.2. The smallest absolute Gasteiger partial charge is 0.497 e. The van der Waals surface area contributed by atoms with Crippen molar-refractivity contribution >= 4 is 11.6 Å². The van der Waals surface area contributed by atoms with Crippen molar-refractivity contribution in [3.05, 3.63) is 48.5 Å². The van der Waals surface area contributed by atoms with Crippen LogP contribution in [0, 0.1) is 0 Å². The second-order valence-electron chi connectivity index (χ2n) is 5.49. The molecule has 0 saturated carbocycles. The number of rotatable bonds is 6. The van der Waals surface area contributed by atoms with Gasteiger partial charge in [-0.3, -0.25) is 4.79 Å². The first kappa shape index (κ1) is 19.1. The SMILES string of the molecule is COc1ccc(-c2nnn(CC(=O)Nc3ccc(OC(F)(F)F)cc3)n2)cc1. The molecule has 0 unspecified atom stereocenters. The Morgan fingerprint density at radius 1 is 1.07 bits per heavy atom. The zero-order chi connectivity index (χ0) is 20.1. The van der Waals surface area contributed by atoms with Crippen molar-refractivity contribution < 1.29 is 27.4 Å². The number of nitrogens with zero attached hydrogens (tertiary/aromatic N) is 4. The lowest BCUT2D eigenvalue weighted by Gasteiger charge is -2.09. The molecule has 0 bridgehead atoms. The van der Waals surface area contributed by atoms with Crippen LogP contribution in [0.25, 0.3) is 11.4 Å². The highest BCUT2D eigenvalue weighted by Crippen LogP contribution is 2.24. The minimum Gasteiger partial charge on any atom is -0.497 e. The monoisotopic (exact) mass is 393 g/mol. The van der Waals surface area contributed by atoms with E-state index in [9.17, 15) is 18.0 Å². The van der Waals surface area contributed by atoms with E-state index < -0.39 is 12.3 Å². The van der Waals surface area contributed by atoms with Gasteiger partial charge < -0.3 is 14.8 Å². The largest absolute Gasteiger partial charge is 0.573 e. The molecule has 0 atom stereocenters. The number of nitrogens with one attached hydrogen (secondary N) is 1. The normalized spacial score (nSPS) is 11.1. The van der Waals surface area contributed by atoms with E-state index in [0.717, 1.165) is 16.9 Å². The molecule has 0 aliphatic rings. The van der Waals surface area contributed by atoms with Crippen molar-refractivity contribution in [2.45, 2.75) is 12.9 Å². The first-order valence-electron chi connectivity index (χ1n) is 7.90. The minimum absolute atomic E-state index is 0.218. The Labute approximate surface area is 156 Å². The molecule has 8 nitrogen and oxygen atoms in total. The highest BCUT2D eigenvalue weighted by Gasteiger charge is 2.30. The van der Waals surface area contributed by atoms with Gasteiger partial charge in [0.1, 0.15) is 18.0 Å². The van der Waals surface area contributed by atoms with Crippen LogP contribution >= 0.6 is 0 Å². The molecule has 0 radical (unpaired) electrons. The van der Waals surface area contributed by atoms with E-state index in [1.165, 1.54) is 12.1 Å². The number of carbonyl (C=O) groups excluding carboxylic acids is 1. The van der Waals surface area contributed by atoms with Crippen molar-refractivity contribution in [3.8, 4) is 22.9 Å². The molecule has 3 aromatic rings. The van der Waals surface area contributed by atoms with Crippen LogP contribution in [-0.4, -0.2) is 39.6 Å². The number of ether oxygens (including phenoxy) is 2. The molecule has 28 heavy (non-hydrogen) atoms. The third-order valence-corrected chi connectivity index (χ3v) is 3.46. The number of carbonyl (C=O) groups is 1. The Kier molecular flexibility index (Phi) is 5.43. The average molecular weight is 393 g/mol. The summed E-state index contributed by atoms with van der Waals surface area (Å²) in [5.74, 6) is 0.169. The van der Waals surface area contributed by atoms with Gasteiger partial charge in [-0.25, -0.2) is 0 Å². The Morgan fingerprint density at radius 3 is 2.32 bits per heavy atom. The van der Waals surface area contributed by atoms with E-state index in [-0.39, 0.29) is 12.3 Å². The Morgan fingerprint density at radius 2 is 1.71 bits per heavy atom. The lowest BCUT2D eigenvalue weighted by Crippen LogP contribution is -2.20. The first-order valence-corrected chi connectivity index (χ1v) is 7.90. The molecule has 0 spiro atoms. The maximum Gasteiger partial charge on any atom is 0.573 e. The summed E-state index contributed by atoms with van der Waals surface area (Å²) in [5.41, 5.74) is 1.00. The Bertz CT molecular complexity index is 940. The zero-order valence-electron chi connectivity index (χ0n) is 14.5. The standard InChI is InChI=1S/C17H14F3N5O3/c1-27-13-6-2-11(3-7-13)16-22-24-25(23-16)10-15(26)21-12-4-8-14(9-5-12)28-17(18,19)20/h2-9H,10H2,1H3,(H,21,26). The molecule has 0 aliphatic heterocycles. The number of methoxy groups -OCH3 is 1. The van der Waals surface area contributed by atoms with Crippen LogP contribution in [0.15, 0.2) is 48.5 Å². The van der Waals surface area contributed by atoms with Crippen LogP contribution in [0.4, 0.5) is 18.9 Å². The molecule has 2 aromatic carbocycles. The molecule has 1 heterocycles. The van der Waals surface area contributed by atoms with Crippen LogP contribution in [0.3, 0.4) is 0 Å². The summed E-state index contributed by atoms with van der Waals surface area (Å²) in [5, 5.41) is 14.3. The Hall–Kier alpha value is -3.63. The van der Waals surface area contributed by atoms with E-state index in [1.54, 1.807) is 31.4 Å². The number of benzene rings is 2. The lowest BCUT2D eigenvalue weighted by molar-refractivity contribution is -0.274. The molecule has 0 fully saturated rings. The van der Waals surface area contributed by atoms with Crippen molar-refractivity contribution in [2.75, 3.05) is 12.4 Å². The van der Waals surface area contributed by atoms with Crippen molar-refractivity contribution in [2.24, 2.45) is 0 Å². The minimum atomic E-state index is -4.77. The van der Waals surface area contributed by atoms with Crippen LogP contribution < -0.4 is 14.8 Å². The summed E-state index contributed by atoms with van der Waals surface area (Å²) in [7, 11) is 1.55. The molecule has 3 rings (SSSR count). The van der Waals surface area contributed by atoms with Gasteiger partial charge in [0.15, 0.2) is 0 Å². The number of tetrazole rings is 1. The average Bonchev–Trinajstić information content (AvgIpc) is 3.10. The van der Waals surface area contributed by atoms with Gasteiger partial charge in [0.2, 0.25) is 11.7 Å². The fraction of sp³-hybridized carbons (Fsp3) is 0.176. The van der Waals surface area contributed by atoms with E-state index in [0.29, 0.717) is 22.8 Å². The van der Waals surface area contributed by atoms with Gasteiger partial charge in [-0.1, -0.05) is 0 Å². The summed E-state index contributed by atoms with van der Waals surface area (Å²) in [4.78, 5) is 13.2. The van der Waals surface area contributed by atoms with E-state index in [1.807, 2.05) is 0 Å². The van der Waals surface area contributed by atoms with Crippen molar-refractivity contribution in [3.63, 3.8) is 0 Å². The van der Waals surface area contributed by atoms with E-state index in [4.69, 9.17) is 4.74 Å². The van der Waals surface area contributed by atoms with Gasteiger partial charge in [-0.2, -0.15) is 4.80 Å². The molecule has 0 saturated heterocycles. The molecule has 1 N–H and O–H groups in total. The van der Waals surface area contributed by atoms with Gasteiger partial charge in [0.05, 0.1) is 7.11 Å². The number of halogens is 3. The van der Waals surface area contributed by atoms with Crippen LogP contribution in [0.2, 0.25) is 0 Å².